The molecule has 0 spiro atoms. The number of H-pyrrole nitrogens is 1. The van der Waals surface area contributed by atoms with Crippen LogP contribution in [0.4, 0.5) is 4.39 Å². The molecule has 0 aliphatic carbocycles. The number of rotatable bonds is 7. The van der Waals surface area contributed by atoms with Crippen molar-refractivity contribution in [2.24, 2.45) is 7.05 Å². The number of nitrogens with one attached hydrogen (secondary N) is 1. The van der Waals surface area contributed by atoms with Gasteiger partial charge in [0, 0.05) is 34.6 Å². The van der Waals surface area contributed by atoms with Crippen LogP contribution >= 0.6 is 0 Å². The van der Waals surface area contributed by atoms with Crippen molar-refractivity contribution in [3.05, 3.63) is 83.1 Å². The summed E-state index contributed by atoms with van der Waals surface area (Å²) < 4.78 is 29.1. The van der Waals surface area contributed by atoms with Gasteiger partial charge in [-0.25, -0.2) is 9.18 Å². The molecule has 1 N–H and O–H groups in total. The number of carbonyl (C=O) groups is 1. The van der Waals surface area contributed by atoms with Crippen molar-refractivity contribution in [3.63, 3.8) is 0 Å². The van der Waals surface area contributed by atoms with Crippen molar-refractivity contribution in [1.82, 2.24) is 14.8 Å². The normalized spacial score (nSPS) is 11.9. The fourth-order valence-corrected chi connectivity index (χ4v) is 5.19. The van der Waals surface area contributed by atoms with E-state index < -0.39 is 11.6 Å². The smallest absolute Gasteiger partial charge is 0.355 e. The van der Waals surface area contributed by atoms with Gasteiger partial charge in [-0.05, 0) is 76.6 Å². The Morgan fingerprint density at radius 2 is 1.74 bits per heavy atom. The maximum atomic E-state index is 15.4. The van der Waals surface area contributed by atoms with Crippen LogP contribution < -0.4 is 4.74 Å². The van der Waals surface area contributed by atoms with Crippen molar-refractivity contribution in [3.8, 4) is 16.9 Å². The molecule has 2 heterocycles. The van der Waals surface area contributed by atoms with Gasteiger partial charge in [-0.1, -0.05) is 36.4 Å². The highest BCUT2D eigenvalue weighted by molar-refractivity contribution is 6.04. The van der Waals surface area contributed by atoms with Crippen LogP contribution in [0.15, 0.2) is 54.6 Å². The molecular formula is C32H34FN3O3. The minimum Gasteiger partial charge on any atom is -0.493 e. The Labute approximate surface area is 227 Å². The first kappa shape index (κ1) is 26.5. The number of carbonyl (C=O) groups excluding carboxylic acids is 1. The first-order valence-corrected chi connectivity index (χ1v) is 13.2. The summed E-state index contributed by atoms with van der Waals surface area (Å²) >= 11 is 0. The fourth-order valence-electron chi connectivity index (χ4n) is 5.19. The van der Waals surface area contributed by atoms with E-state index in [1.165, 1.54) is 6.07 Å². The van der Waals surface area contributed by atoms with Crippen LogP contribution in [-0.4, -0.2) is 32.9 Å². The molecule has 0 bridgehead atoms. The zero-order chi connectivity index (χ0) is 27.9. The molecule has 5 rings (SSSR count). The number of aromatic amines is 1. The highest BCUT2D eigenvalue weighted by Gasteiger charge is 2.27. The number of hydrogen-bond donors (Lipinski definition) is 1. The van der Waals surface area contributed by atoms with Crippen LogP contribution in [0.2, 0.25) is 0 Å². The molecule has 5 aromatic rings. The first-order chi connectivity index (χ1) is 18.5. The van der Waals surface area contributed by atoms with Gasteiger partial charge in [-0.2, -0.15) is 5.10 Å². The molecule has 0 atom stereocenters. The second kappa shape index (κ2) is 10.2. The van der Waals surface area contributed by atoms with E-state index in [9.17, 15) is 4.79 Å². The van der Waals surface area contributed by atoms with Crippen LogP contribution in [0.25, 0.3) is 32.8 Å². The van der Waals surface area contributed by atoms with Crippen molar-refractivity contribution in [2.75, 3.05) is 6.61 Å². The predicted molar refractivity (Wildman–Crippen MR) is 153 cm³/mol. The maximum Gasteiger partial charge on any atom is 0.355 e. The monoisotopic (exact) mass is 527 g/mol. The Morgan fingerprint density at radius 3 is 2.46 bits per heavy atom. The van der Waals surface area contributed by atoms with Crippen molar-refractivity contribution in [1.29, 1.82) is 0 Å². The van der Waals surface area contributed by atoms with E-state index in [1.807, 2.05) is 72.0 Å². The van der Waals surface area contributed by atoms with Gasteiger partial charge in [0.1, 0.15) is 22.9 Å². The topological polar surface area (TPSA) is 69.1 Å². The van der Waals surface area contributed by atoms with Crippen LogP contribution in [0.3, 0.4) is 0 Å². The van der Waals surface area contributed by atoms with E-state index in [1.54, 1.807) is 10.7 Å². The molecule has 7 heteroatoms. The Bertz CT molecular complexity index is 1690. The highest BCUT2D eigenvalue weighted by Crippen LogP contribution is 2.38. The summed E-state index contributed by atoms with van der Waals surface area (Å²) in [6.07, 6.45) is 1.21. The fraction of sp³-hybridized carbons (Fsp3) is 0.312. The van der Waals surface area contributed by atoms with Crippen molar-refractivity contribution in [2.45, 2.75) is 53.1 Å². The average molecular weight is 528 g/mol. The number of nitrogens with zero attached hydrogens (tertiary/aromatic N) is 2. The zero-order valence-electron chi connectivity index (χ0n) is 23.3. The number of aromatic nitrogens is 3. The second-order valence-corrected chi connectivity index (χ2v) is 10.9. The Hall–Kier alpha value is -4.13. The molecule has 39 heavy (non-hydrogen) atoms. The molecule has 0 saturated heterocycles. The lowest BCUT2D eigenvalue weighted by Crippen LogP contribution is -2.24. The molecule has 0 aliphatic heterocycles. The molecule has 0 radical (unpaired) electrons. The van der Waals surface area contributed by atoms with Crippen molar-refractivity contribution < 1.29 is 18.7 Å². The number of ether oxygens (including phenoxy) is 2. The Kier molecular flexibility index (Phi) is 6.93. The van der Waals surface area contributed by atoms with Crippen LogP contribution in [0.1, 0.15) is 54.6 Å². The lowest BCUT2D eigenvalue weighted by atomic mass is 9.98. The summed E-state index contributed by atoms with van der Waals surface area (Å²) in [5, 5.41) is 7.46. The lowest BCUT2D eigenvalue weighted by molar-refractivity contribution is 0.00625. The summed E-state index contributed by atoms with van der Waals surface area (Å²) in [4.78, 5) is 16.6. The Balaban J connectivity index is 1.51. The summed E-state index contributed by atoms with van der Waals surface area (Å²) in [5.74, 6) is -0.00883. The summed E-state index contributed by atoms with van der Waals surface area (Å²) in [6.45, 7) is 9.74. The number of esters is 1. The van der Waals surface area contributed by atoms with Gasteiger partial charge < -0.3 is 14.5 Å². The van der Waals surface area contributed by atoms with Gasteiger partial charge in [-0.3, -0.25) is 4.68 Å². The summed E-state index contributed by atoms with van der Waals surface area (Å²) in [6, 6.07) is 17.3. The quantitative estimate of drug-likeness (QED) is 0.176. The lowest BCUT2D eigenvalue weighted by Gasteiger charge is -2.19. The standard InChI is InChI=1S/C32H34FN3O3/c1-19-27(20(2)36(6)35-19)28-25(33)17-16-24-23(30(34-29(24)28)31(37)39-32(3,4)5)14-10-18-38-26-15-9-12-21-11-7-8-13-22(21)26/h7-9,11-13,15-17,34H,10,14,18H2,1-6H3. The largest absolute Gasteiger partial charge is 0.493 e. The van der Waals surface area contributed by atoms with Gasteiger partial charge in [0.15, 0.2) is 0 Å². The van der Waals surface area contributed by atoms with Gasteiger partial charge in [-0.15, -0.1) is 0 Å². The predicted octanol–water partition coefficient (Wildman–Crippen LogP) is 7.44. The maximum absolute atomic E-state index is 15.4. The minimum atomic E-state index is -0.673. The van der Waals surface area contributed by atoms with E-state index in [0.717, 1.165) is 44.4 Å². The van der Waals surface area contributed by atoms with Gasteiger partial charge >= 0.3 is 5.97 Å². The van der Waals surface area contributed by atoms with Crippen LogP contribution in [0.5, 0.6) is 5.75 Å². The molecule has 0 fully saturated rings. The molecular weight excluding hydrogens is 493 g/mol. The van der Waals surface area contributed by atoms with E-state index in [-0.39, 0.29) is 5.82 Å². The molecule has 2 aromatic heterocycles. The molecule has 0 amide bonds. The zero-order valence-corrected chi connectivity index (χ0v) is 23.3. The van der Waals surface area contributed by atoms with Crippen LogP contribution in [0, 0.1) is 19.7 Å². The van der Waals surface area contributed by atoms with E-state index in [0.29, 0.717) is 36.2 Å². The van der Waals surface area contributed by atoms with Crippen LogP contribution in [-0.2, 0) is 18.2 Å². The number of hydrogen-bond acceptors (Lipinski definition) is 4. The minimum absolute atomic E-state index is 0.344. The third-order valence-electron chi connectivity index (χ3n) is 6.97. The Morgan fingerprint density at radius 1 is 1.00 bits per heavy atom. The SMILES string of the molecule is Cc1nn(C)c(C)c1-c1c(F)ccc2c(CCCOc3cccc4ccccc34)c(C(=O)OC(C)(C)C)[nH]c12. The number of fused-ring (bicyclic) bond motifs is 2. The number of benzene rings is 3. The first-order valence-electron chi connectivity index (χ1n) is 13.2. The molecule has 202 valence electrons. The second-order valence-electron chi connectivity index (χ2n) is 10.9. The summed E-state index contributed by atoms with van der Waals surface area (Å²) in [7, 11) is 1.84. The van der Waals surface area contributed by atoms with E-state index in [4.69, 9.17) is 9.47 Å². The van der Waals surface area contributed by atoms with Gasteiger partial charge in [0.05, 0.1) is 17.8 Å². The molecule has 3 aromatic carbocycles. The molecule has 0 unspecified atom stereocenters. The molecule has 0 aliphatic rings. The third-order valence-corrected chi connectivity index (χ3v) is 6.97. The molecule has 6 nitrogen and oxygen atoms in total. The number of aryl methyl sites for hydroxylation is 3. The van der Waals surface area contributed by atoms with E-state index >= 15 is 4.39 Å². The third kappa shape index (κ3) is 5.13. The summed E-state index contributed by atoms with van der Waals surface area (Å²) in [5.41, 5.74) is 3.74. The van der Waals surface area contributed by atoms with Gasteiger partial charge in [0.25, 0.3) is 0 Å². The van der Waals surface area contributed by atoms with Gasteiger partial charge in [0.2, 0.25) is 0 Å². The highest BCUT2D eigenvalue weighted by atomic mass is 19.1. The average Bonchev–Trinajstić information content (AvgIpc) is 3.37. The number of halogens is 1. The van der Waals surface area contributed by atoms with Crippen molar-refractivity contribution >= 4 is 27.6 Å². The molecule has 0 saturated carbocycles. The van der Waals surface area contributed by atoms with E-state index in [2.05, 4.69) is 22.2 Å².